The summed E-state index contributed by atoms with van der Waals surface area (Å²) in [5.41, 5.74) is 8.64. The molecule has 0 spiro atoms. The van der Waals surface area contributed by atoms with E-state index in [1.54, 1.807) is 0 Å². The molecule has 20 heavy (non-hydrogen) atoms. The second-order valence-corrected chi connectivity index (χ2v) is 5.89. The number of amidine groups is 1. The zero-order valence-electron chi connectivity index (χ0n) is 12.9. The highest BCUT2D eigenvalue weighted by Gasteiger charge is 2.21. The molecule has 1 fully saturated rings. The smallest absolute Gasteiger partial charge is 0.140 e. The lowest BCUT2D eigenvalue weighted by Gasteiger charge is -2.25. The van der Waals surface area contributed by atoms with Gasteiger partial charge in [0.2, 0.25) is 0 Å². The van der Waals surface area contributed by atoms with Crippen LogP contribution >= 0.6 is 0 Å². The molecule has 0 aliphatic carbocycles. The number of anilines is 1. The van der Waals surface area contributed by atoms with Crippen LogP contribution in [0.15, 0.2) is 6.07 Å². The van der Waals surface area contributed by atoms with Gasteiger partial charge in [0.25, 0.3) is 0 Å². The minimum absolute atomic E-state index is 0.126. The topological polar surface area (TPSA) is 66.0 Å². The zero-order chi connectivity index (χ0) is 14.7. The van der Waals surface area contributed by atoms with Crippen LogP contribution < -0.4 is 10.6 Å². The normalized spacial score (nSPS) is 19.8. The van der Waals surface area contributed by atoms with Gasteiger partial charge in [-0.25, -0.2) is 4.98 Å². The van der Waals surface area contributed by atoms with Gasteiger partial charge in [-0.05, 0) is 50.7 Å². The predicted molar refractivity (Wildman–Crippen MR) is 84.6 cm³/mol. The monoisotopic (exact) mass is 274 g/mol. The fraction of sp³-hybridized carbons (Fsp3) is 0.625. The van der Waals surface area contributed by atoms with E-state index in [9.17, 15) is 0 Å². The number of pyridine rings is 1. The van der Waals surface area contributed by atoms with Gasteiger partial charge in [-0.15, -0.1) is 0 Å². The molecule has 1 aromatic heterocycles. The van der Waals surface area contributed by atoms with Gasteiger partial charge in [-0.3, -0.25) is 5.41 Å². The van der Waals surface area contributed by atoms with E-state index in [0.29, 0.717) is 0 Å². The first-order valence-electron chi connectivity index (χ1n) is 7.60. The van der Waals surface area contributed by atoms with Crippen LogP contribution in [0.25, 0.3) is 0 Å². The Morgan fingerprint density at radius 1 is 1.40 bits per heavy atom. The minimum atomic E-state index is 0.126. The standard InChI is InChI=1S/C16H26N4/c1-4-13-6-5-8-20(9-7-13)16-14(15(17)18)11(2)10-12(3)19-16/h10,13H,4-9H2,1-3H3,(H3,17,18). The molecule has 0 saturated carbocycles. The van der Waals surface area contributed by atoms with Crippen molar-refractivity contribution >= 4 is 11.7 Å². The molecule has 1 aromatic rings. The predicted octanol–water partition coefficient (Wildman–Crippen LogP) is 3.00. The van der Waals surface area contributed by atoms with Crippen molar-refractivity contribution < 1.29 is 0 Å². The highest BCUT2D eigenvalue weighted by molar-refractivity contribution is 6.01. The van der Waals surface area contributed by atoms with Crippen LogP contribution in [-0.4, -0.2) is 23.9 Å². The van der Waals surface area contributed by atoms with Crippen LogP contribution in [0, 0.1) is 25.2 Å². The number of aryl methyl sites for hydroxylation is 2. The summed E-state index contributed by atoms with van der Waals surface area (Å²) in [5.74, 6) is 1.86. The maximum absolute atomic E-state index is 7.85. The van der Waals surface area contributed by atoms with Crippen molar-refractivity contribution in [3.63, 3.8) is 0 Å². The number of aromatic nitrogens is 1. The number of nitrogens with zero attached hydrogens (tertiary/aromatic N) is 2. The number of nitrogens with one attached hydrogen (secondary N) is 1. The molecule has 1 aliphatic rings. The quantitative estimate of drug-likeness (QED) is 0.658. The van der Waals surface area contributed by atoms with Crippen LogP contribution in [-0.2, 0) is 0 Å². The van der Waals surface area contributed by atoms with Crippen LogP contribution in [0.2, 0.25) is 0 Å². The van der Waals surface area contributed by atoms with Crippen molar-refractivity contribution in [2.75, 3.05) is 18.0 Å². The van der Waals surface area contributed by atoms with Crippen LogP contribution in [0.3, 0.4) is 0 Å². The van der Waals surface area contributed by atoms with Crippen LogP contribution in [0.5, 0.6) is 0 Å². The summed E-state index contributed by atoms with van der Waals surface area (Å²) in [6, 6.07) is 2.01. The summed E-state index contributed by atoms with van der Waals surface area (Å²) in [5, 5.41) is 7.85. The molecule has 0 aromatic carbocycles. The lowest BCUT2D eigenvalue weighted by atomic mass is 9.98. The number of hydrogen-bond acceptors (Lipinski definition) is 3. The largest absolute Gasteiger partial charge is 0.384 e. The lowest BCUT2D eigenvalue weighted by molar-refractivity contribution is 0.459. The van der Waals surface area contributed by atoms with Crippen LogP contribution in [0.4, 0.5) is 5.82 Å². The minimum Gasteiger partial charge on any atom is -0.384 e. The van der Waals surface area contributed by atoms with Gasteiger partial charge in [-0.1, -0.05) is 13.3 Å². The van der Waals surface area contributed by atoms with E-state index < -0.39 is 0 Å². The highest BCUT2D eigenvalue weighted by Crippen LogP contribution is 2.27. The van der Waals surface area contributed by atoms with Gasteiger partial charge in [0.05, 0.1) is 5.56 Å². The zero-order valence-corrected chi connectivity index (χ0v) is 12.9. The van der Waals surface area contributed by atoms with Gasteiger partial charge >= 0.3 is 0 Å². The molecule has 1 unspecified atom stereocenters. The first-order chi connectivity index (χ1) is 9.52. The Bertz CT molecular complexity index is 495. The third-order valence-electron chi connectivity index (χ3n) is 4.32. The van der Waals surface area contributed by atoms with Gasteiger partial charge in [-0.2, -0.15) is 0 Å². The van der Waals surface area contributed by atoms with E-state index in [-0.39, 0.29) is 5.84 Å². The average molecular weight is 274 g/mol. The molecule has 1 aliphatic heterocycles. The average Bonchev–Trinajstić information content (AvgIpc) is 2.62. The van der Waals surface area contributed by atoms with E-state index in [1.807, 2.05) is 19.9 Å². The third kappa shape index (κ3) is 3.11. The van der Waals surface area contributed by atoms with Crippen molar-refractivity contribution in [3.8, 4) is 0 Å². The molecule has 1 atom stereocenters. The lowest BCUT2D eigenvalue weighted by Crippen LogP contribution is -2.29. The van der Waals surface area contributed by atoms with E-state index in [0.717, 1.165) is 41.6 Å². The molecule has 0 bridgehead atoms. The van der Waals surface area contributed by atoms with Crippen molar-refractivity contribution in [3.05, 3.63) is 22.9 Å². The highest BCUT2D eigenvalue weighted by atomic mass is 15.2. The molecule has 2 rings (SSSR count). The van der Waals surface area contributed by atoms with Crippen molar-refractivity contribution in [2.45, 2.75) is 46.5 Å². The van der Waals surface area contributed by atoms with Crippen molar-refractivity contribution in [2.24, 2.45) is 11.7 Å². The van der Waals surface area contributed by atoms with Gasteiger partial charge in [0.15, 0.2) is 0 Å². The Morgan fingerprint density at radius 2 is 2.15 bits per heavy atom. The van der Waals surface area contributed by atoms with Gasteiger partial charge in [0.1, 0.15) is 11.7 Å². The molecule has 2 heterocycles. The van der Waals surface area contributed by atoms with Gasteiger partial charge < -0.3 is 10.6 Å². The second-order valence-electron chi connectivity index (χ2n) is 5.89. The Kier molecular flexibility index (Phi) is 4.63. The molecule has 110 valence electrons. The summed E-state index contributed by atoms with van der Waals surface area (Å²) < 4.78 is 0. The molecule has 0 amide bonds. The summed E-state index contributed by atoms with van der Waals surface area (Å²) in [6.07, 6.45) is 4.97. The fourth-order valence-electron chi connectivity index (χ4n) is 3.16. The van der Waals surface area contributed by atoms with E-state index >= 15 is 0 Å². The van der Waals surface area contributed by atoms with Gasteiger partial charge in [0, 0.05) is 18.8 Å². The fourth-order valence-corrected chi connectivity index (χ4v) is 3.16. The Labute approximate surface area is 121 Å². The first-order valence-corrected chi connectivity index (χ1v) is 7.60. The van der Waals surface area contributed by atoms with Crippen LogP contribution in [0.1, 0.15) is 49.4 Å². The Balaban J connectivity index is 2.34. The summed E-state index contributed by atoms with van der Waals surface area (Å²) in [7, 11) is 0. The number of nitrogen functional groups attached to an aromatic ring is 1. The molecule has 4 nitrogen and oxygen atoms in total. The van der Waals surface area contributed by atoms with E-state index in [4.69, 9.17) is 11.1 Å². The number of nitrogens with two attached hydrogens (primary N) is 1. The molecule has 3 N–H and O–H groups in total. The molecular weight excluding hydrogens is 248 g/mol. The molecule has 4 heteroatoms. The van der Waals surface area contributed by atoms with E-state index in [2.05, 4.69) is 16.8 Å². The molecule has 0 radical (unpaired) electrons. The maximum atomic E-state index is 7.85. The molecular formula is C16H26N4. The van der Waals surface area contributed by atoms with Crippen molar-refractivity contribution in [1.82, 2.24) is 4.98 Å². The van der Waals surface area contributed by atoms with E-state index in [1.165, 1.54) is 25.7 Å². The third-order valence-corrected chi connectivity index (χ3v) is 4.32. The summed E-state index contributed by atoms with van der Waals surface area (Å²) in [4.78, 5) is 7.00. The Morgan fingerprint density at radius 3 is 2.80 bits per heavy atom. The summed E-state index contributed by atoms with van der Waals surface area (Å²) in [6.45, 7) is 8.34. The SMILES string of the molecule is CCC1CCCN(c2nc(C)cc(C)c2C(=N)N)CC1. The van der Waals surface area contributed by atoms with Crippen molar-refractivity contribution in [1.29, 1.82) is 5.41 Å². The first kappa shape index (κ1) is 14.8. The Hall–Kier alpha value is -1.58. The second kappa shape index (κ2) is 6.25. The number of hydrogen-bond donors (Lipinski definition) is 2. The summed E-state index contributed by atoms with van der Waals surface area (Å²) >= 11 is 0. The maximum Gasteiger partial charge on any atom is 0.140 e. The number of rotatable bonds is 3. The molecule has 1 saturated heterocycles.